The number of rotatable bonds is 5. The number of thiazole rings is 1. The molecular weight excluding hydrogens is 442 g/mol. The molecule has 2 heterocycles. The van der Waals surface area contributed by atoms with E-state index in [1.807, 2.05) is 47.4 Å². The van der Waals surface area contributed by atoms with Gasteiger partial charge in [0.05, 0.1) is 29.2 Å². The van der Waals surface area contributed by atoms with Gasteiger partial charge in [0, 0.05) is 24.3 Å². The third-order valence-corrected chi connectivity index (χ3v) is 7.47. The first-order valence-corrected chi connectivity index (χ1v) is 12.4. The second kappa shape index (κ2) is 9.60. The number of hydrogen-bond acceptors (Lipinski definition) is 6. The van der Waals surface area contributed by atoms with Gasteiger partial charge in [0.15, 0.2) is 4.34 Å². The van der Waals surface area contributed by atoms with Crippen molar-refractivity contribution >= 4 is 50.8 Å². The Hall–Kier alpha value is -2.42. The second-order valence-electron chi connectivity index (χ2n) is 8.73. The predicted octanol–water partition coefficient (Wildman–Crippen LogP) is 4.80. The Kier molecular flexibility index (Phi) is 6.83. The lowest BCUT2D eigenvalue weighted by atomic mass is 9.87. The van der Waals surface area contributed by atoms with Crippen LogP contribution in [0.3, 0.4) is 0 Å². The number of anilines is 1. The van der Waals surface area contributed by atoms with E-state index in [0.29, 0.717) is 37.6 Å². The van der Waals surface area contributed by atoms with E-state index in [0.717, 1.165) is 20.2 Å². The predicted molar refractivity (Wildman–Crippen MR) is 131 cm³/mol. The van der Waals surface area contributed by atoms with Crippen molar-refractivity contribution in [2.24, 2.45) is 0 Å². The molecule has 3 aromatic rings. The molecule has 1 aromatic heterocycles. The maximum absolute atomic E-state index is 12.7. The lowest BCUT2D eigenvalue weighted by Crippen LogP contribution is -2.41. The van der Waals surface area contributed by atoms with Crippen LogP contribution >= 0.6 is 23.1 Å². The van der Waals surface area contributed by atoms with E-state index in [2.05, 4.69) is 31.1 Å². The lowest BCUT2D eigenvalue weighted by molar-refractivity contribution is -0.132. The van der Waals surface area contributed by atoms with Crippen LogP contribution in [0.25, 0.3) is 10.2 Å². The number of nitrogens with zero attached hydrogens (tertiary/aromatic N) is 2. The van der Waals surface area contributed by atoms with Crippen LogP contribution in [0.1, 0.15) is 36.7 Å². The molecule has 0 atom stereocenters. The Balaban J connectivity index is 1.39. The molecule has 32 heavy (non-hydrogen) atoms. The standard InChI is InChI=1S/C24H27N3O3S2/c1-24(2,3)17-6-4-16(5-7-17)22(29)25-18-8-9-19-20(14-18)32-23(26-19)31-15-21(28)27-10-12-30-13-11-27/h4-9,14H,10-13,15H2,1-3H3,(H,25,29). The smallest absolute Gasteiger partial charge is 0.255 e. The van der Waals surface area contributed by atoms with Gasteiger partial charge >= 0.3 is 0 Å². The molecule has 0 bridgehead atoms. The summed E-state index contributed by atoms with van der Waals surface area (Å²) in [4.78, 5) is 31.5. The van der Waals surface area contributed by atoms with Gasteiger partial charge in [0.1, 0.15) is 0 Å². The van der Waals surface area contributed by atoms with Crippen LogP contribution in [0.15, 0.2) is 46.8 Å². The van der Waals surface area contributed by atoms with Crippen molar-refractivity contribution in [3.63, 3.8) is 0 Å². The molecule has 8 heteroatoms. The summed E-state index contributed by atoms with van der Waals surface area (Å²) in [6.45, 7) is 8.97. The second-order valence-corrected chi connectivity index (χ2v) is 11.0. The van der Waals surface area contributed by atoms with Gasteiger partial charge < -0.3 is 15.0 Å². The summed E-state index contributed by atoms with van der Waals surface area (Å²) in [6.07, 6.45) is 0. The van der Waals surface area contributed by atoms with Gasteiger partial charge in [-0.1, -0.05) is 44.7 Å². The summed E-state index contributed by atoms with van der Waals surface area (Å²) in [5, 5.41) is 2.97. The highest BCUT2D eigenvalue weighted by molar-refractivity contribution is 8.01. The van der Waals surface area contributed by atoms with E-state index in [1.54, 1.807) is 0 Å². The van der Waals surface area contributed by atoms with Gasteiger partial charge in [-0.15, -0.1) is 11.3 Å². The number of ether oxygens (including phenoxy) is 1. The fourth-order valence-electron chi connectivity index (χ4n) is 3.40. The molecule has 1 saturated heterocycles. The molecule has 0 radical (unpaired) electrons. The first-order valence-electron chi connectivity index (χ1n) is 10.6. The fraction of sp³-hybridized carbons (Fsp3) is 0.375. The van der Waals surface area contributed by atoms with Crippen LogP contribution in [-0.2, 0) is 14.9 Å². The molecular formula is C24H27N3O3S2. The zero-order valence-electron chi connectivity index (χ0n) is 18.5. The number of amides is 2. The largest absolute Gasteiger partial charge is 0.378 e. The van der Waals surface area contributed by atoms with E-state index in [1.165, 1.54) is 28.7 Å². The van der Waals surface area contributed by atoms with Crippen LogP contribution in [-0.4, -0.2) is 53.8 Å². The van der Waals surface area contributed by atoms with Crippen molar-refractivity contribution in [3.8, 4) is 0 Å². The van der Waals surface area contributed by atoms with Crippen molar-refractivity contribution in [2.75, 3.05) is 37.4 Å². The molecule has 1 aliphatic rings. The van der Waals surface area contributed by atoms with Crippen LogP contribution in [0, 0.1) is 0 Å². The third-order valence-electron chi connectivity index (χ3n) is 5.32. The van der Waals surface area contributed by atoms with Gasteiger partial charge in [-0.2, -0.15) is 0 Å². The number of aromatic nitrogens is 1. The van der Waals surface area contributed by atoms with Gasteiger partial charge in [-0.25, -0.2) is 4.98 Å². The molecule has 0 unspecified atom stereocenters. The molecule has 1 aliphatic heterocycles. The van der Waals surface area contributed by atoms with Crippen LogP contribution < -0.4 is 5.32 Å². The molecule has 0 aliphatic carbocycles. The third kappa shape index (κ3) is 5.49. The van der Waals surface area contributed by atoms with Crippen molar-refractivity contribution in [1.29, 1.82) is 0 Å². The van der Waals surface area contributed by atoms with E-state index in [9.17, 15) is 9.59 Å². The summed E-state index contributed by atoms with van der Waals surface area (Å²) in [7, 11) is 0. The minimum atomic E-state index is -0.139. The molecule has 6 nitrogen and oxygen atoms in total. The quantitative estimate of drug-likeness (QED) is 0.544. The van der Waals surface area contributed by atoms with Gasteiger partial charge in [-0.3, -0.25) is 9.59 Å². The first-order chi connectivity index (χ1) is 15.3. The molecule has 0 spiro atoms. The minimum Gasteiger partial charge on any atom is -0.378 e. The Morgan fingerprint density at radius 2 is 1.84 bits per heavy atom. The monoisotopic (exact) mass is 469 g/mol. The number of thioether (sulfide) groups is 1. The van der Waals surface area contributed by atoms with Crippen LogP contribution in [0.5, 0.6) is 0 Å². The van der Waals surface area contributed by atoms with Crippen molar-refractivity contribution in [3.05, 3.63) is 53.6 Å². The number of nitrogens with one attached hydrogen (secondary N) is 1. The molecule has 1 fully saturated rings. The summed E-state index contributed by atoms with van der Waals surface area (Å²) < 4.78 is 7.13. The van der Waals surface area contributed by atoms with Crippen molar-refractivity contribution < 1.29 is 14.3 Å². The Labute approximate surface area is 196 Å². The summed E-state index contributed by atoms with van der Waals surface area (Å²) in [6, 6.07) is 13.4. The molecule has 0 saturated carbocycles. The zero-order valence-corrected chi connectivity index (χ0v) is 20.1. The summed E-state index contributed by atoms with van der Waals surface area (Å²) in [5.41, 5.74) is 3.46. The van der Waals surface area contributed by atoms with E-state index < -0.39 is 0 Å². The van der Waals surface area contributed by atoms with Crippen LogP contribution in [0.2, 0.25) is 0 Å². The number of morpholine rings is 1. The van der Waals surface area contributed by atoms with Crippen LogP contribution in [0.4, 0.5) is 5.69 Å². The zero-order chi connectivity index (χ0) is 22.7. The number of hydrogen-bond donors (Lipinski definition) is 1. The average Bonchev–Trinajstić information content (AvgIpc) is 3.20. The summed E-state index contributed by atoms with van der Waals surface area (Å²) in [5.74, 6) is 0.344. The average molecular weight is 470 g/mol. The normalized spacial score (nSPS) is 14.5. The highest BCUT2D eigenvalue weighted by Crippen LogP contribution is 2.31. The topological polar surface area (TPSA) is 71.5 Å². The Morgan fingerprint density at radius 1 is 1.12 bits per heavy atom. The molecule has 2 amide bonds. The maximum Gasteiger partial charge on any atom is 0.255 e. The Bertz CT molecular complexity index is 1110. The van der Waals surface area contributed by atoms with Crippen molar-refractivity contribution in [2.45, 2.75) is 30.5 Å². The SMILES string of the molecule is CC(C)(C)c1ccc(C(=O)Nc2ccc3nc(SCC(=O)N4CCOCC4)sc3c2)cc1. The highest BCUT2D eigenvalue weighted by Gasteiger charge is 2.18. The van der Waals surface area contributed by atoms with Gasteiger partial charge in [-0.05, 0) is 41.3 Å². The number of carbonyl (C=O) groups is 2. The Morgan fingerprint density at radius 3 is 2.53 bits per heavy atom. The van der Waals surface area contributed by atoms with E-state index in [-0.39, 0.29) is 17.2 Å². The van der Waals surface area contributed by atoms with Crippen molar-refractivity contribution in [1.82, 2.24) is 9.88 Å². The van der Waals surface area contributed by atoms with Gasteiger partial charge in [0.2, 0.25) is 5.91 Å². The fourth-order valence-corrected chi connectivity index (χ4v) is 5.41. The first kappa shape index (κ1) is 22.8. The molecule has 2 aromatic carbocycles. The molecule has 168 valence electrons. The summed E-state index contributed by atoms with van der Waals surface area (Å²) >= 11 is 2.99. The highest BCUT2D eigenvalue weighted by atomic mass is 32.2. The minimum absolute atomic E-state index is 0.0503. The number of fused-ring (bicyclic) bond motifs is 1. The lowest BCUT2D eigenvalue weighted by Gasteiger charge is -2.26. The maximum atomic E-state index is 12.7. The molecule has 1 N–H and O–H groups in total. The van der Waals surface area contributed by atoms with Gasteiger partial charge in [0.25, 0.3) is 5.91 Å². The van der Waals surface area contributed by atoms with E-state index in [4.69, 9.17) is 4.74 Å². The number of carbonyl (C=O) groups excluding carboxylic acids is 2. The van der Waals surface area contributed by atoms with E-state index >= 15 is 0 Å². The molecule has 4 rings (SSSR count). The number of benzene rings is 2.